The van der Waals surface area contributed by atoms with Crippen molar-refractivity contribution < 1.29 is 28.6 Å². The summed E-state index contributed by atoms with van der Waals surface area (Å²) in [6, 6.07) is 0. The smallest absolute Gasteiger partial charge is 0.306 e. The molecular formula is C72H128O6. The lowest BCUT2D eigenvalue weighted by molar-refractivity contribution is -0.167. The molecule has 6 heteroatoms. The lowest BCUT2D eigenvalue weighted by Gasteiger charge is -2.18. The van der Waals surface area contributed by atoms with Crippen LogP contribution in [0.2, 0.25) is 0 Å². The third-order valence-electron chi connectivity index (χ3n) is 14.9. The lowest BCUT2D eigenvalue weighted by Crippen LogP contribution is -2.30. The SMILES string of the molecule is CCCCC/C=C\C/C=C\CCCCCCCCCCCC(=O)OC(COC(=O)CCCCCCC/C=C\C/C=C\CCCCCC)COC(=O)CCCCCCCCCCCCCCC/C=C\C/C=C\CCCCCCC. The van der Waals surface area contributed by atoms with Gasteiger partial charge in [-0.25, -0.2) is 0 Å². The van der Waals surface area contributed by atoms with E-state index < -0.39 is 6.10 Å². The Morgan fingerprint density at radius 2 is 0.462 bits per heavy atom. The van der Waals surface area contributed by atoms with E-state index in [4.69, 9.17) is 14.2 Å². The molecule has 0 rings (SSSR count). The molecule has 0 amide bonds. The van der Waals surface area contributed by atoms with Gasteiger partial charge in [0.15, 0.2) is 6.10 Å². The summed E-state index contributed by atoms with van der Waals surface area (Å²) in [5, 5.41) is 0. The number of allylic oxidation sites excluding steroid dienone is 12. The Labute approximate surface area is 484 Å². The van der Waals surface area contributed by atoms with Crippen LogP contribution in [0.4, 0.5) is 0 Å². The molecule has 0 N–H and O–H groups in total. The molecule has 78 heavy (non-hydrogen) atoms. The van der Waals surface area contributed by atoms with Crippen LogP contribution in [0.3, 0.4) is 0 Å². The van der Waals surface area contributed by atoms with Gasteiger partial charge in [-0.15, -0.1) is 0 Å². The number of carbonyl (C=O) groups is 3. The molecule has 0 aromatic rings. The quantitative estimate of drug-likeness (QED) is 0.0261. The third kappa shape index (κ3) is 63.7. The Kier molecular flexibility index (Phi) is 63.7. The van der Waals surface area contributed by atoms with Crippen LogP contribution in [-0.2, 0) is 28.6 Å². The van der Waals surface area contributed by atoms with Crippen LogP contribution in [0.25, 0.3) is 0 Å². The Bertz CT molecular complexity index is 1440. The van der Waals surface area contributed by atoms with Gasteiger partial charge in [0.25, 0.3) is 0 Å². The third-order valence-corrected chi connectivity index (χ3v) is 14.9. The molecule has 1 atom stereocenters. The van der Waals surface area contributed by atoms with Gasteiger partial charge in [-0.3, -0.25) is 14.4 Å². The molecule has 0 heterocycles. The normalized spacial score (nSPS) is 12.5. The highest BCUT2D eigenvalue weighted by atomic mass is 16.6. The second-order valence-corrected chi connectivity index (χ2v) is 22.7. The molecule has 0 saturated heterocycles. The number of unbranched alkanes of at least 4 members (excludes halogenated alkanes) is 39. The first kappa shape index (κ1) is 74.8. The molecule has 0 bridgehead atoms. The van der Waals surface area contributed by atoms with E-state index in [2.05, 4.69) is 93.7 Å². The number of esters is 3. The van der Waals surface area contributed by atoms with Crippen molar-refractivity contribution in [1.29, 1.82) is 0 Å². The van der Waals surface area contributed by atoms with E-state index in [0.29, 0.717) is 19.3 Å². The summed E-state index contributed by atoms with van der Waals surface area (Å²) in [6.07, 6.45) is 86.2. The molecule has 6 nitrogen and oxygen atoms in total. The van der Waals surface area contributed by atoms with E-state index in [9.17, 15) is 14.4 Å². The summed E-state index contributed by atoms with van der Waals surface area (Å²) >= 11 is 0. The van der Waals surface area contributed by atoms with Gasteiger partial charge >= 0.3 is 17.9 Å². The Morgan fingerprint density at radius 1 is 0.256 bits per heavy atom. The highest BCUT2D eigenvalue weighted by molar-refractivity contribution is 5.71. The summed E-state index contributed by atoms with van der Waals surface area (Å²) in [7, 11) is 0. The van der Waals surface area contributed by atoms with Crippen LogP contribution in [-0.4, -0.2) is 37.2 Å². The second-order valence-electron chi connectivity index (χ2n) is 22.7. The van der Waals surface area contributed by atoms with Gasteiger partial charge in [-0.05, 0) is 116 Å². The molecule has 452 valence electrons. The van der Waals surface area contributed by atoms with E-state index in [1.165, 1.54) is 218 Å². The largest absolute Gasteiger partial charge is 0.462 e. The zero-order chi connectivity index (χ0) is 56.4. The summed E-state index contributed by atoms with van der Waals surface area (Å²) in [6.45, 7) is 6.62. The first-order valence-electron chi connectivity index (χ1n) is 33.9. The molecule has 0 saturated carbocycles. The van der Waals surface area contributed by atoms with Gasteiger partial charge in [0.1, 0.15) is 13.2 Å². The van der Waals surface area contributed by atoms with Gasteiger partial charge in [-0.1, -0.05) is 286 Å². The molecule has 0 aliphatic carbocycles. The summed E-state index contributed by atoms with van der Waals surface area (Å²) < 4.78 is 17.0. The van der Waals surface area contributed by atoms with Crippen molar-refractivity contribution in [1.82, 2.24) is 0 Å². The van der Waals surface area contributed by atoms with Gasteiger partial charge in [0.2, 0.25) is 0 Å². The molecule has 0 spiro atoms. The fourth-order valence-electron chi connectivity index (χ4n) is 9.77. The topological polar surface area (TPSA) is 78.9 Å². The summed E-state index contributed by atoms with van der Waals surface area (Å²) in [4.78, 5) is 38.4. The summed E-state index contributed by atoms with van der Waals surface area (Å²) in [5.41, 5.74) is 0. The molecule has 0 aromatic heterocycles. The zero-order valence-electron chi connectivity index (χ0n) is 51.9. The highest BCUT2D eigenvalue weighted by Crippen LogP contribution is 2.17. The molecule has 0 fully saturated rings. The maximum absolute atomic E-state index is 12.9. The number of rotatable bonds is 62. The van der Waals surface area contributed by atoms with E-state index in [1.807, 2.05) is 0 Å². The first-order chi connectivity index (χ1) is 38.5. The van der Waals surface area contributed by atoms with E-state index in [0.717, 1.165) is 89.9 Å². The van der Waals surface area contributed by atoms with Gasteiger partial charge in [0.05, 0.1) is 0 Å². The van der Waals surface area contributed by atoms with Crippen molar-refractivity contribution in [2.75, 3.05) is 13.2 Å². The summed E-state index contributed by atoms with van der Waals surface area (Å²) in [5.74, 6) is -0.882. The Hall–Kier alpha value is -3.15. The van der Waals surface area contributed by atoms with Crippen molar-refractivity contribution in [3.05, 3.63) is 72.9 Å². The minimum Gasteiger partial charge on any atom is -0.462 e. The van der Waals surface area contributed by atoms with Crippen LogP contribution in [0.1, 0.15) is 348 Å². The maximum atomic E-state index is 12.9. The molecule has 0 radical (unpaired) electrons. The van der Waals surface area contributed by atoms with Crippen molar-refractivity contribution in [3.63, 3.8) is 0 Å². The van der Waals surface area contributed by atoms with Crippen molar-refractivity contribution in [3.8, 4) is 0 Å². The minimum absolute atomic E-state index is 0.0801. The first-order valence-corrected chi connectivity index (χ1v) is 33.9. The van der Waals surface area contributed by atoms with Crippen LogP contribution in [0.15, 0.2) is 72.9 Å². The molecule has 0 aliphatic rings. The molecule has 0 aliphatic heterocycles. The second kappa shape index (κ2) is 66.4. The van der Waals surface area contributed by atoms with E-state index in [-0.39, 0.29) is 31.1 Å². The lowest BCUT2D eigenvalue weighted by atomic mass is 10.0. The fourth-order valence-corrected chi connectivity index (χ4v) is 9.77. The Morgan fingerprint density at radius 3 is 0.744 bits per heavy atom. The number of hydrogen-bond donors (Lipinski definition) is 0. The van der Waals surface area contributed by atoms with Crippen molar-refractivity contribution in [2.45, 2.75) is 354 Å². The predicted octanol–water partition coefficient (Wildman–Crippen LogP) is 23.3. The van der Waals surface area contributed by atoms with Crippen LogP contribution >= 0.6 is 0 Å². The average Bonchev–Trinajstić information content (AvgIpc) is 3.44. The van der Waals surface area contributed by atoms with Crippen LogP contribution in [0, 0.1) is 0 Å². The van der Waals surface area contributed by atoms with Gasteiger partial charge in [0, 0.05) is 19.3 Å². The average molecular weight is 1090 g/mol. The van der Waals surface area contributed by atoms with Crippen molar-refractivity contribution in [2.24, 2.45) is 0 Å². The highest BCUT2D eigenvalue weighted by Gasteiger charge is 2.19. The Balaban J connectivity index is 4.33. The zero-order valence-corrected chi connectivity index (χ0v) is 51.9. The molecular weight excluding hydrogens is 961 g/mol. The monoisotopic (exact) mass is 1090 g/mol. The predicted molar refractivity (Wildman–Crippen MR) is 339 cm³/mol. The van der Waals surface area contributed by atoms with E-state index >= 15 is 0 Å². The number of ether oxygens (including phenoxy) is 3. The van der Waals surface area contributed by atoms with Gasteiger partial charge < -0.3 is 14.2 Å². The molecule has 1 unspecified atom stereocenters. The number of carbonyl (C=O) groups excluding carboxylic acids is 3. The van der Waals surface area contributed by atoms with E-state index in [1.54, 1.807) is 0 Å². The van der Waals surface area contributed by atoms with Crippen molar-refractivity contribution >= 4 is 17.9 Å². The molecule has 0 aromatic carbocycles. The van der Waals surface area contributed by atoms with Gasteiger partial charge in [-0.2, -0.15) is 0 Å². The standard InChI is InChI=1S/C72H128O6/c1-4-7-10-13-16-19-22-25-28-31-33-34-35-36-37-38-40-41-44-47-50-53-56-59-62-65-71(74)77-68-69(67-76-70(73)64-61-58-55-52-49-46-43-30-27-24-21-18-15-12-9-6-3)78-72(75)66-63-60-57-54-51-48-45-42-39-32-29-26-23-20-17-14-11-8-5-2/h17,20-22,24-26,29-31,33,43,69H,4-16,18-19,23,27-28,32,34-42,44-68H2,1-3H3/b20-17-,24-21-,25-22-,29-26-,33-31-,43-30-. The minimum atomic E-state index is -0.785. The number of hydrogen-bond acceptors (Lipinski definition) is 6. The maximum Gasteiger partial charge on any atom is 0.306 e. The fraction of sp³-hybridized carbons (Fsp3) is 0.792. The van der Waals surface area contributed by atoms with Crippen LogP contribution < -0.4 is 0 Å². The van der Waals surface area contributed by atoms with Crippen LogP contribution in [0.5, 0.6) is 0 Å².